The number of halogens is 1. The van der Waals surface area contributed by atoms with E-state index in [1.54, 1.807) is 12.1 Å². The number of rotatable bonds is 1. The molecule has 6 heteroatoms. The van der Waals surface area contributed by atoms with Crippen LogP contribution in [0.2, 0.25) is 0 Å². The van der Waals surface area contributed by atoms with Crippen molar-refractivity contribution in [2.75, 3.05) is 0 Å². The number of nitrogens with zero attached hydrogens (tertiary/aromatic N) is 3. The van der Waals surface area contributed by atoms with Gasteiger partial charge < -0.3 is 4.57 Å². The van der Waals surface area contributed by atoms with E-state index >= 15 is 0 Å². The SMILES string of the molecule is Cc1nnc(-c2ccc3c(=O)c4cc(F)ccc4n(C)c3c2)s1. The summed E-state index contributed by atoms with van der Waals surface area (Å²) in [6.07, 6.45) is 0. The number of aromatic nitrogens is 3. The second-order valence-corrected chi connectivity index (χ2v) is 6.59. The van der Waals surface area contributed by atoms with Gasteiger partial charge in [-0.25, -0.2) is 4.39 Å². The van der Waals surface area contributed by atoms with Gasteiger partial charge in [-0.2, -0.15) is 0 Å². The largest absolute Gasteiger partial charge is 0.343 e. The smallest absolute Gasteiger partial charge is 0.197 e. The van der Waals surface area contributed by atoms with Gasteiger partial charge in [0.05, 0.1) is 11.0 Å². The van der Waals surface area contributed by atoms with Crippen molar-refractivity contribution in [1.29, 1.82) is 0 Å². The topological polar surface area (TPSA) is 47.8 Å². The van der Waals surface area contributed by atoms with Crippen LogP contribution in [0.3, 0.4) is 0 Å². The molecule has 0 saturated heterocycles. The molecule has 114 valence electrons. The number of hydrogen-bond donors (Lipinski definition) is 0. The molecule has 4 rings (SSSR count). The van der Waals surface area contributed by atoms with E-state index in [0.717, 1.165) is 21.1 Å². The van der Waals surface area contributed by atoms with Gasteiger partial charge in [0.25, 0.3) is 0 Å². The standard InChI is InChI=1S/C17H12FN3OS/c1-9-19-20-17(23-9)10-3-5-12-15(7-10)21(2)14-6-4-11(18)8-13(14)16(12)22/h3-8H,1-2H3. The van der Waals surface area contributed by atoms with E-state index in [-0.39, 0.29) is 5.43 Å². The van der Waals surface area contributed by atoms with Crippen LogP contribution in [0.1, 0.15) is 5.01 Å². The lowest BCUT2D eigenvalue weighted by Gasteiger charge is -2.11. The Morgan fingerprint density at radius 1 is 1.04 bits per heavy atom. The van der Waals surface area contributed by atoms with Crippen LogP contribution in [0.25, 0.3) is 32.4 Å². The van der Waals surface area contributed by atoms with Crippen molar-refractivity contribution in [3.63, 3.8) is 0 Å². The minimum absolute atomic E-state index is 0.160. The first kappa shape index (κ1) is 14.0. The number of pyridine rings is 1. The number of benzene rings is 2. The van der Waals surface area contributed by atoms with Crippen molar-refractivity contribution in [3.05, 3.63) is 57.4 Å². The molecule has 4 nitrogen and oxygen atoms in total. The zero-order valence-corrected chi connectivity index (χ0v) is 13.3. The van der Waals surface area contributed by atoms with Crippen molar-refractivity contribution >= 4 is 33.1 Å². The molecule has 0 unspecified atom stereocenters. The Balaban J connectivity index is 2.09. The summed E-state index contributed by atoms with van der Waals surface area (Å²) in [6, 6.07) is 9.85. The van der Waals surface area contributed by atoms with E-state index < -0.39 is 5.82 Å². The summed E-state index contributed by atoms with van der Waals surface area (Å²) in [5, 5.41) is 10.8. The van der Waals surface area contributed by atoms with Gasteiger partial charge in [-0.3, -0.25) is 4.79 Å². The van der Waals surface area contributed by atoms with E-state index in [0.29, 0.717) is 16.3 Å². The van der Waals surface area contributed by atoms with Crippen LogP contribution in [0.15, 0.2) is 41.2 Å². The van der Waals surface area contributed by atoms with E-state index in [2.05, 4.69) is 10.2 Å². The maximum Gasteiger partial charge on any atom is 0.197 e. The Hall–Kier alpha value is -2.60. The predicted octanol–water partition coefficient (Wildman–Crippen LogP) is 3.66. The fourth-order valence-electron chi connectivity index (χ4n) is 2.80. The lowest BCUT2D eigenvalue weighted by Crippen LogP contribution is -2.09. The second-order valence-electron chi connectivity index (χ2n) is 5.41. The van der Waals surface area contributed by atoms with Crippen molar-refractivity contribution in [2.45, 2.75) is 6.92 Å². The van der Waals surface area contributed by atoms with Crippen LogP contribution >= 0.6 is 11.3 Å². The number of hydrogen-bond acceptors (Lipinski definition) is 4. The highest BCUT2D eigenvalue weighted by Gasteiger charge is 2.12. The van der Waals surface area contributed by atoms with Gasteiger partial charge in [-0.1, -0.05) is 17.4 Å². The van der Waals surface area contributed by atoms with Gasteiger partial charge in [0.15, 0.2) is 5.43 Å². The Labute approximate surface area is 134 Å². The van der Waals surface area contributed by atoms with Crippen LogP contribution in [0, 0.1) is 12.7 Å². The van der Waals surface area contributed by atoms with E-state index in [1.165, 1.54) is 23.5 Å². The summed E-state index contributed by atoms with van der Waals surface area (Å²) >= 11 is 1.51. The maximum atomic E-state index is 13.5. The summed E-state index contributed by atoms with van der Waals surface area (Å²) in [4.78, 5) is 12.6. The molecule has 0 spiro atoms. The van der Waals surface area contributed by atoms with Gasteiger partial charge in [0, 0.05) is 23.4 Å². The average Bonchev–Trinajstić information content (AvgIpc) is 2.98. The van der Waals surface area contributed by atoms with Crippen LogP contribution in [-0.4, -0.2) is 14.8 Å². The zero-order valence-electron chi connectivity index (χ0n) is 12.5. The monoisotopic (exact) mass is 325 g/mol. The third-order valence-corrected chi connectivity index (χ3v) is 4.83. The first-order valence-electron chi connectivity index (χ1n) is 7.07. The molecule has 0 amide bonds. The molecule has 2 heterocycles. The molecule has 0 saturated carbocycles. The highest BCUT2D eigenvalue weighted by atomic mass is 32.1. The van der Waals surface area contributed by atoms with Crippen LogP contribution in [0.5, 0.6) is 0 Å². The lowest BCUT2D eigenvalue weighted by molar-refractivity contribution is 0.629. The van der Waals surface area contributed by atoms with E-state index in [9.17, 15) is 9.18 Å². The van der Waals surface area contributed by atoms with Gasteiger partial charge in [0.2, 0.25) is 0 Å². The van der Waals surface area contributed by atoms with Crippen molar-refractivity contribution < 1.29 is 4.39 Å². The quantitative estimate of drug-likeness (QED) is 0.502. The highest BCUT2D eigenvalue weighted by molar-refractivity contribution is 7.14. The molecule has 0 aliphatic heterocycles. The second kappa shape index (κ2) is 4.96. The Kier molecular flexibility index (Phi) is 3.02. The van der Waals surface area contributed by atoms with E-state index in [4.69, 9.17) is 0 Å². The fourth-order valence-corrected chi connectivity index (χ4v) is 3.49. The molecule has 0 radical (unpaired) electrons. The summed E-state index contributed by atoms with van der Waals surface area (Å²) in [5.74, 6) is -0.407. The molecule has 0 atom stereocenters. The van der Waals surface area contributed by atoms with Gasteiger partial charge >= 0.3 is 0 Å². The van der Waals surface area contributed by atoms with Gasteiger partial charge in [0.1, 0.15) is 15.8 Å². The third kappa shape index (κ3) is 2.14. The van der Waals surface area contributed by atoms with Crippen molar-refractivity contribution in [2.24, 2.45) is 7.05 Å². The Bertz CT molecular complexity index is 1130. The molecule has 0 fully saturated rings. The maximum absolute atomic E-state index is 13.5. The van der Waals surface area contributed by atoms with Crippen LogP contribution in [-0.2, 0) is 7.05 Å². The van der Waals surface area contributed by atoms with Crippen molar-refractivity contribution in [3.8, 4) is 10.6 Å². The summed E-state index contributed by atoms with van der Waals surface area (Å²) in [5.41, 5.74) is 2.25. The zero-order chi connectivity index (χ0) is 16.1. The molecule has 4 aromatic rings. The first-order valence-corrected chi connectivity index (χ1v) is 7.89. The summed E-state index contributed by atoms with van der Waals surface area (Å²) < 4.78 is 15.4. The predicted molar refractivity (Wildman–Crippen MR) is 90.3 cm³/mol. The molecule has 2 aromatic carbocycles. The molecule has 0 bridgehead atoms. The van der Waals surface area contributed by atoms with Gasteiger partial charge in [-0.05, 0) is 37.3 Å². The van der Waals surface area contributed by atoms with E-state index in [1.807, 2.05) is 30.7 Å². The summed E-state index contributed by atoms with van der Waals surface area (Å²) in [7, 11) is 1.87. The Morgan fingerprint density at radius 2 is 1.87 bits per heavy atom. The minimum atomic E-state index is -0.407. The van der Waals surface area contributed by atoms with Crippen molar-refractivity contribution in [1.82, 2.24) is 14.8 Å². The fraction of sp³-hybridized carbons (Fsp3) is 0.118. The molecule has 0 aliphatic carbocycles. The first-order chi connectivity index (χ1) is 11.0. The van der Waals surface area contributed by atoms with Gasteiger partial charge in [-0.15, -0.1) is 10.2 Å². The summed E-state index contributed by atoms with van der Waals surface area (Å²) in [6.45, 7) is 1.90. The molecule has 2 aromatic heterocycles. The molecule has 0 aliphatic rings. The molecule has 0 N–H and O–H groups in total. The van der Waals surface area contributed by atoms with Crippen LogP contribution in [0.4, 0.5) is 4.39 Å². The highest BCUT2D eigenvalue weighted by Crippen LogP contribution is 2.27. The average molecular weight is 325 g/mol. The van der Waals surface area contributed by atoms with Crippen LogP contribution < -0.4 is 5.43 Å². The Morgan fingerprint density at radius 3 is 2.61 bits per heavy atom. The lowest BCUT2D eigenvalue weighted by atomic mass is 10.1. The number of fused-ring (bicyclic) bond motifs is 2. The molecular formula is C17H12FN3OS. The third-order valence-electron chi connectivity index (χ3n) is 3.94. The molecular weight excluding hydrogens is 313 g/mol. The molecule has 23 heavy (non-hydrogen) atoms. The normalized spacial score (nSPS) is 11.4. The number of aryl methyl sites for hydroxylation is 2. The minimum Gasteiger partial charge on any atom is -0.343 e.